The summed E-state index contributed by atoms with van der Waals surface area (Å²) in [7, 11) is 0. The van der Waals surface area contributed by atoms with Crippen LogP contribution < -0.4 is 5.56 Å². The highest BCUT2D eigenvalue weighted by Crippen LogP contribution is 2.20. The third kappa shape index (κ3) is 3.28. The Balaban J connectivity index is 1.58. The van der Waals surface area contributed by atoms with Crippen LogP contribution in [0, 0.1) is 12.9 Å². The highest BCUT2D eigenvalue weighted by Gasteiger charge is 2.22. The topological polar surface area (TPSA) is 61.9 Å². The van der Waals surface area contributed by atoms with Crippen molar-refractivity contribution >= 4 is 0 Å². The minimum Gasteiger partial charge on any atom is -0.306 e. The van der Waals surface area contributed by atoms with Crippen LogP contribution >= 0.6 is 0 Å². The first-order valence-corrected chi connectivity index (χ1v) is 8.62. The van der Waals surface area contributed by atoms with Crippen molar-refractivity contribution in [2.24, 2.45) is 0 Å². The summed E-state index contributed by atoms with van der Waals surface area (Å²) in [6, 6.07) is 12.8. The maximum Gasteiger partial charge on any atom is 0.255 e. The molecule has 6 heteroatoms. The van der Waals surface area contributed by atoms with Crippen molar-refractivity contribution in [2.75, 3.05) is 6.54 Å². The lowest BCUT2D eigenvalue weighted by molar-refractivity contribution is 0.241. The number of fused-ring (bicyclic) bond motifs is 1. The molecule has 3 heterocycles. The van der Waals surface area contributed by atoms with Crippen molar-refractivity contribution in [3.05, 3.63) is 81.3 Å². The van der Waals surface area contributed by atoms with Crippen LogP contribution in [0.25, 0.3) is 11.4 Å². The summed E-state index contributed by atoms with van der Waals surface area (Å²) in [6.45, 7) is 3.77. The molecule has 1 N–H and O–H groups in total. The lowest BCUT2D eigenvalue weighted by atomic mass is 10.0. The minimum absolute atomic E-state index is 0.0903. The number of rotatable bonds is 3. The number of aromatic nitrogens is 3. The van der Waals surface area contributed by atoms with E-state index >= 15 is 0 Å². The molecule has 0 atom stereocenters. The Kier molecular flexibility index (Phi) is 4.34. The summed E-state index contributed by atoms with van der Waals surface area (Å²) in [5.41, 5.74) is 4.04. The molecule has 0 fully saturated rings. The Labute approximate surface area is 150 Å². The molecule has 0 aliphatic carbocycles. The van der Waals surface area contributed by atoms with Crippen molar-refractivity contribution in [2.45, 2.75) is 26.4 Å². The molecular weight excluding hydrogens is 331 g/mol. The van der Waals surface area contributed by atoms with Gasteiger partial charge in [-0.3, -0.25) is 9.69 Å². The lowest BCUT2D eigenvalue weighted by Gasteiger charge is -2.28. The van der Waals surface area contributed by atoms with Gasteiger partial charge in [0.2, 0.25) is 5.95 Å². The van der Waals surface area contributed by atoms with Crippen LogP contribution in [0.1, 0.15) is 22.5 Å². The first kappa shape index (κ1) is 16.6. The summed E-state index contributed by atoms with van der Waals surface area (Å²) in [4.78, 5) is 26.2. The van der Waals surface area contributed by atoms with Crippen LogP contribution in [0.3, 0.4) is 0 Å². The van der Waals surface area contributed by atoms with Crippen molar-refractivity contribution < 1.29 is 4.39 Å². The van der Waals surface area contributed by atoms with Gasteiger partial charge in [0.1, 0.15) is 5.82 Å². The first-order chi connectivity index (χ1) is 12.6. The molecular formula is C20H19FN4O. The molecule has 132 valence electrons. The molecule has 0 spiro atoms. The fourth-order valence-corrected chi connectivity index (χ4v) is 3.32. The summed E-state index contributed by atoms with van der Waals surface area (Å²) < 4.78 is 13.2. The van der Waals surface area contributed by atoms with Crippen LogP contribution in [0.15, 0.2) is 47.3 Å². The zero-order valence-electron chi connectivity index (χ0n) is 14.5. The largest absolute Gasteiger partial charge is 0.306 e. The molecule has 1 aliphatic heterocycles. The Hall–Kier alpha value is -2.86. The van der Waals surface area contributed by atoms with Gasteiger partial charge in [-0.15, -0.1) is 0 Å². The van der Waals surface area contributed by atoms with Crippen LogP contribution in [0.2, 0.25) is 0 Å². The molecule has 0 bridgehead atoms. The molecule has 1 aromatic carbocycles. The number of hydrogen-bond acceptors (Lipinski definition) is 4. The van der Waals surface area contributed by atoms with E-state index in [9.17, 15) is 9.18 Å². The average Bonchev–Trinajstić information content (AvgIpc) is 2.65. The molecule has 1 aliphatic rings. The van der Waals surface area contributed by atoms with Gasteiger partial charge in [0.25, 0.3) is 5.56 Å². The van der Waals surface area contributed by atoms with Gasteiger partial charge in [-0.25, -0.2) is 9.97 Å². The number of pyridine rings is 1. The van der Waals surface area contributed by atoms with E-state index < -0.39 is 5.95 Å². The SMILES string of the molecule is Cc1nc(F)ccc1CN1CCc2nc(-c3ccccc3)[nH]c(=O)c2C1. The summed E-state index contributed by atoms with van der Waals surface area (Å²) in [5.74, 6) is 0.144. The van der Waals surface area contributed by atoms with E-state index in [2.05, 4.69) is 19.9 Å². The fourth-order valence-electron chi connectivity index (χ4n) is 3.32. The molecule has 0 saturated carbocycles. The van der Waals surface area contributed by atoms with Gasteiger partial charge >= 0.3 is 0 Å². The predicted octanol–water partition coefficient (Wildman–Crippen LogP) is 2.84. The summed E-state index contributed by atoms with van der Waals surface area (Å²) in [6.07, 6.45) is 0.715. The molecule has 26 heavy (non-hydrogen) atoms. The normalized spacial score (nSPS) is 14.2. The van der Waals surface area contributed by atoms with Gasteiger partial charge in [0, 0.05) is 37.3 Å². The van der Waals surface area contributed by atoms with E-state index in [1.165, 1.54) is 6.07 Å². The summed E-state index contributed by atoms with van der Waals surface area (Å²) >= 11 is 0. The zero-order valence-corrected chi connectivity index (χ0v) is 14.5. The van der Waals surface area contributed by atoms with E-state index in [1.54, 1.807) is 13.0 Å². The maximum absolute atomic E-state index is 13.2. The molecule has 4 rings (SSSR count). The van der Waals surface area contributed by atoms with Crippen LogP contribution in [0.4, 0.5) is 4.39 Å². The lowest BCUT2D eigenvalue weighted by Crippen LogP contribution is -2.35. The van der Waals surface area contributed by atoms with Gasteiger partial charge in [0.15, 0.2) is 0 Å². The number of halogens is 1. The smallest absolute Gasteiger partial charge is 0.255 e. The number of aromatic amines is 1. The van der Waals surface area contributed by atoms with Gasteiger partial charge in [-0.05, 0) is 18.6 Å². The predicted molar refractivity (Wildman–Crippen MR) is 97.0 cm³/mol. The third-order valence-corrected chi connectivity index (χ3v) is 4.75. The number of benzene rings is 1. The van der Waals surface area contributed by atoms with Crippen molar-refractivity contribution in [3.8, 4) is 11.4 Å². The average molecular weight is 350 g/mol. The van der Waals surface area contributed by atoms with Crippen molar-refractivity contribution in [3.63, 3.8) is 0 Å². The molecule has 0 saturated heterocycles. The quantitative estimate of drug-likeness (QED) is 0.738. The Morgan fingerprint density at radius 1 is 1.15 bits per heavy atom. The zero-order chi connectivity index (χ0) is 18.1. The first-order valence-electron chi connectivity index (χ1n) is 8.62. The van der Waals surface area contributed by atoms with Gasteiger partial charge < -0.3 is 4.98 Å². The number of hydrogen-bond donors (Lipinski definition) is 1. The van der Waals surface area contributed by atoms with Crippen molar-refractivity contribution in [1.82, 2.24) is 19.9 Å². The van der Waals surface area contributed by atoms with Gasteiger partial charge in [-0.2, -0.15) is 4.39 Å². The third-order valence-electron chi connectivity index (χ3n) is 4.75. The van der Waals surface area contributed by atoms with Gasteiger partial charge in [-0.1, -0.05) is 36.4 Å². The number of aryl methyl sites for hydroxylation is 1. The molecule has 0 unspecified atom stereocenters. The minimum atomic E-state index is -0.468. The van der Waals surface area contributed by atoms with E-state index in [-0.39, 0.29) is 5.56 Å². The van der Waals surface area contributed by atoms with E-state index in [0.717, 1.165) is 23.4 Å². The van der Waals surface area contributed by atoms with Gasteiger partial charge in [0.05, 0.1) is 11.3 Å². The van der Waals surface area contributed by atoms with Crippen LogP contribution in [0.5, 0.6) is 0 Å². The molecule has 0 radical (unpaired) electrons. The molecule has 5 nitrogen and oxygen atoms in total. The Morgan fingerprint density at radius 3 is 2.73 bits per heavy atom. The Morgan fingerprint density at radius 2 is 1.96 bits per heavy atom. The molecule has 0 amide bonds. The highest BCUT2D eigenvalue weighted by molar-refractivity contribution is 5.54. The standard InChI is InChI=1S/C20H19FN4O/c1-13-15(7-8-18(21)22-13)11-25-10-9-17-16(12-25)20(26)24-19(23-17)14-5-3-2-4-6-14/h2-8H,9-12H2,1H3,(H,23,24,26). The van der Waals surface area contributed by atoms with E-state index in [1.807, 2.05) is 30.3 Å². The maximum atomic E-state index is 13.2. The number of H-pyrrole nitrogens is 1. The Bertz CT molecular complexity index is 1000. The van der Waals surface area contributed by atoms with E-state index in [0.29, 0.717) is 36.6 Å². The second-order valence-electron chi connectivity index (χ2n) is 6.54. The highest BCUT2D eigenvalue weighted by atomic mass is 19.1. The monoisotopic (exact) mass is 350 g/mol. The second-order valence-corrected chi connectivity index (χ2v) is 6.54. The second kappa shape index (κ2) is 6.80. The number of nitrogens with zero attached hydrogens (tertiary/aromatic N) is 3. The molecule has 3 aromatic rings. The fraction of sp³-hybridized carbons (Fsp3) is 0.250. The van der Waals surface area contributed by atoms with E-state index in [4.69, 9.17) is 0 Å². The van der Waals surface area contributed by atoms with Crippen molar-refractivity contribution in [1.29, 1.82) is 0 Å². The number of nitrogens with one attached hydrogen (secondary N) is 1. The van der Waals surface area contributed by atoms with Crippen LogP contribution in [-0.2, 0) is 19.5 Å². The molecule has 2 aromatic heterocycles. The summed E-state index contributed by atoms with van der Waals surface area (Å²) in [5, 5.41) is 0. The van der Waals surface area contributed by atoms with Crippen LogP contribution in [-0.4, -0.2) is 26.4 Å².